The number of alkyl halides is 2. The third-order valence-corrected chi connectivity index (χ3v) is 3.04. The van der Waals surface area contributed by atoms with Crippen molar-refractivity contribution < 1.29 is 18.3 Å². The average Bonchev–Trinajstić information content (AvgIpc) is 2.37. The van der Waals surface area contributed by atoms with E-state index in [1.807, 2.05) is 6.92 Å². The van der Waals surface area contributed by atoms with Gasteiger partial charge in [-0.25, -0.2) is 13.2 Å². The molecule has 20 heavy (non-hydrogen) atoms. The monoisotopic (exact) mass is 290 g/mol. The second-order valence-corrected chi connectivity index (χ2v) is 4.51. The van der Waals surface area contributed by atoms with E-state index in [0.29, 0.717) is 17.8 Å². The van der Waals surface area contributed by atoms with E-state index in [-0.39, 0.29) is 19.2 Å². The maximum atomic E-state index is 14.0. The van der Waals surface area contributed by atoms with Gasteiger partial charge in [0.15, 0.2) is 0 Å². The number of aliphatic hydroxyl groups excluding tert-OH is 1. The van der Waals surface area contributed by atoms with Gasteiger partial charge in [0.05, 0.1) is 13.2 Å². The molecule has 0 saturated heterocycles. The summed E-state index contributed by atoms with van der Waals surface area (Å²) >= 11 is 0. The quantitative estimate of drug-likeness (QED) is 0.772. The fourth-order valence-corrected chi connectivity index (χ4v) is 2.24. The molecule has 1 aromatic rings. The molecule has 1 aromatic carbocycles. The molecular formula is C14H21F3N2O. The van der Waals surface area contributed by atoms with Crippen LogP contribution in [0.4, 0.5) is 18.9 Å². The zero-order chi connectivity index (χ0) is 15.1. The standard InChI is InChI=1S/C14H21F3N2O/c1-3-18-10(2)14-11(15)5-4-6-12(14)19(7-8-20)9-13(16)17/h4-6,10,13,18,20H,3,7-9H2,1-2H3. The lowest BCUT2D eigenvalue weighted by Gasteiger charge is -2.28. The largest absolute Gasteiger partial charge is 0.395 e. The van der Waals surface area contributed by atoms with Crippen LogP contribution in [0.1, 0.15) is 25.5 Å². The SMILES string of the molecule is CCNC(C)c1c(F)cccc1N(CCO)CC(F)F. The molecule has 0 heterocycles. The predicted molar refractivity (Wildman–Crippen MR) is 73.8 cm³/mol. The summed E-state index contributed by atoms with van der Waals surface area (Å²) in [6, 6.07) is 4.11. The molecule has 1 rings (SSSR count). The van der Waals surface area contributed by atoms with Gasteiger partial charge in [0.2, 0.25) is 0 Å². The summed E-state index contributed by atoms with van der Waals surface area (Å²) in [5.74, 6) is -0.437. The normalized spacial score (nSPS) is 12.8. The summed E-state index contributed by atoms with van der Waals surface area (Å²) in [7, 11) is 0. The zero-order valence-corrected chi connectivity index (χ0v) is 11.7. The Labute approximate surface area is 117 Å². The Kier molecular flexibility index (Phi) is 6.81. The molecule has 2 N–H and O–H groups in total. The van der Waals surface area contributed by atoms with Crippen LogP contribution in [0.2, 0.25) is 0 Å². The lowest BCUT2D eigenvalue weighted by Crippen LogP contribution is -2.33. The van der Waals surface area contributed by atoms with Gasteiger partial charge in [-0.05, 0) is 25.6 Å². The van der Waals surface area contributed by atoms with Crippen molar-refractivity contribution >= 4 is 5.69 Å². The van der Waals surface area contributed by atoms with Crippen LogP contribution in [0.15, 0.2) is 18.2 Å². The Morgan fingerprint density at radius 2 is 2.05 bits per heavy atom. The molecular weight excluding hydrogens is 269 g/mol. The van der Waals surface area contributed by atoms with Gasteiger partial charge >= 0.3 is 0 Å². The van der Waals surface area contributed by atoms with Gasteiger partial charge in [0.1, 0.15) is 5.82 Å². The number of hydrogen-bond donors (Lipinski definition) is 2. The zero-order valence-electron chi connectivity index (χ0n) is 11.7. The number of benzene rings is 1. The number of aliphatic hydroxyl groups is 1. The lowest BCUT2D eigenvalue weighted by atomic mass is 10.0. The van der Waals surface area contributed by atoms with E-state index in [4.69, 9.17) is 5.11 Å². The maximum absolute atomic E-state index is 14.0. The van der Waals surface area contributed by atoms with E-state index in [0.717, 1.165) is 0 Å². The first-order valence-corrected chi connectivity index (χ1v) is 6.67. The van der Waals surface area contributed by atoms with Crippen LogP contribution in [0.3, 0.4) is 0 Å². The Balaban J connectivity index is 3.15. The Hall–Kier alpha value is -1.27. The molecule has 0 aromatic heterocycles. The highest BCUT2D eigenvalue weighted by Gasteiger charge is 2.21. The molecule has 0 amide bonds. The van der Waals surface area contributed by atoms with Crippen molar-refractivity contribution in [2.24, 2.45) is 0 Å². The highest BCUT2D eigenvalue weighted by molar-refractivity contribution is 5.55. The molecule has 0 aliphatic heterocycles. The lowest BCUT2D eigenvalue weighted by molar-refractivity contribution is 0.152. The number of nitrogens with one attached hydrogen (secondary N) is 1. The van der Waals surface area contributed by atoms with E-state index in [1.54, 1.807) is 13.0 Å². The molecule has 0 bridgehead atoms. The molecule has 1 atom stereocenters. The van der Waals surface area contributed by atoms with Crippen molar-refractivity contribution in [3.63, 3.8) is 0 Å². The minimum Gasteiger partial charge on any atom is -0.395 e. The van der Waals surface area contributed by atoms with E-state index in [1.165, 1.54) is 17.0 Å². The molecule has 114 valence electrons. The third kappa shape index (κ3) is 4.38. The van der Waals surface area contributed by atoms with Gasteiger partial charge in [-0.1, -0.05) is 13.0 Å². The van der Waals surface area contributed by atoms with Crippen molar-refractivity contribution in [3.8, 4) is 0 Å². The van der Waals surface area contributed by atoms with Crippen molar-refractivity contribution in [2.45, 2.75) is 26.3 Å². The van der Waals surface area contributed by atoms with Crippen LogP contribution in [0, 0.1) is 5.82 Å². The summed E-state index contributed by atoms with van der Waals surface area (Å²) in [5, 5.41) is 12.1. The van der Waals surface area contributed by atoms with Crippen molar-refractivity contribution in [1.82, 2.24) is 5.32 Å². The van der Waals surface area contributed by atoms with Crippen LogP contribution in [-0.4, -0.2) is 37.8 Å². The minimum absolute atomic E-state index is 0.0413. The topological polar surface area (TPSA) is 35.5 Å². The van der Waals surface area contributed by atoms with Crippen molar-refractivity contribution in [2.75, 3.05) is 31.1 Å². The maximum Gasteiger partial charge on any atom is 0.255 e. The highest BCUT2D eigenvalue weighted by atomic mass is 19.3. The summed E-state index contributed by atoms with van der Waals surface area (Å²) in [5.41, 5.74) is 0.747. The number of rotatable bonds is 8. The fraction of sp³-hybridized carbons (Fsp3) is 0.571. The second-order valence-electron chi connectivity index (χ2n) is 4.51. The smallest absolute Gasteiger partial charge is 0.255 e. The van der Waals surface area contributed by atoms with E-state index in [9.17, 15) is 13.2 Å². The molecule has 0 radical (unpaired) electrons. The third-order valence-electron chi connectivity index (χ3n) is 3.04. The van der Waals surface area contributed by atoms with Crippen LogP contribution in [0.5, 0.6) is 0 Å². The summed E-state index contributed by atoms with van der Waals surface area (Å²) in [6.07, 6.45) is -2.55. The van der Waals surface area contributed by atoms with Gasteiger partial charge < -0.3 is 15.3 Å². The second kappa shape index (κ2) is 8.11. The Bertz CT molecular complexity index is 415. The number of nitrogens with zero attached hydrogens (tertiary/aromatic N) is 1. The number of anilines is 1. The number of halogens is 3. The molecule has 0 aliphatic rings. The van der Waals surface area contributed by atoms with Gasteiger partial charge in [-0.15, -0.1) is 0 Å². The first-order valence-electron chi connectivity index (χ1n) is 6.67. The van der Waals surface area contributed by atoms with E-state index >= 15 is 0 Å². The van der Waals surface area contributed by atoms with Crippen molar-refractivity contribution in [3.05, 3.63) is 29.6 Å². The van der Waals surface area contributed by atoms with Crippen LogP contribution in [0.25, 0.3) is 0 Å². The Morgan fingerprint density at radius 1 is 1.35 bits per heavy atom. The first-order chi connectivity index (χ1) is 9.51. The molecule has 6 heteroatoms. The summed E-state index contributed by atoms with van der Waals surface area (Å²) in [6.45, 7) is 3.56. The molecule has 3 nitrogen and oxygen atoms in total. The Morgan fingerprint density at radius 3 is 2.60 bits per heavy atom. The summed E-state index contributed by atoms with van der Waals surface area (Å²) in [4.78, 5) is 1.32. The van der Waals surface area contributed by atoms with Crippen LogP contribution in [-0.2, 0) is 0 Å². The molecule has 0 saturated carbocycles. The molecule has 0 fully saturated rings. The van der Waals surface area contributed by atoms with Gasteiger partial charge in [-0.3, -0.25) is 0 Å². The molecule has 0 aliphatic carbocycles. The predicted octanol–water partition coefficient (Wildman–Crippen LogP) is 2.56. The van der Waals surface area contributed by atoms with E-state index in [2.05, 4.69) is 5.32 Å². The fourth-order valence-electron chi connectivity index (χ4n) is 2.24. The van der Waals surface area contributed by atoms with Gasteiger partial charge in [-0.2, -0.15) is 0 Å². The average molecular weight is 290 g/mol. The van der Waals surface area contributed by atoms with Gasteiger partial charge in [0.25, 0.3) is 6.43 Å². The molecule has 1 unspecified atom stereocenters. The minimum atomic E-state index is -2.55. The number of hydrogen-bond acceptors (Lipinski definition) is 3. The van der Waals surface area contributed by atoms with Crippen LogP contribution < -0.4 is 10.2 Å². The van der Waals surface area contributed by atoms with Gasteiger partial charge in [0, 0.05) is 23.8 Å². The van der Waals surface area contributed by atoms with Crippen LogP contribution >= 0.6 is 0 Å². The first kappa shape index (κ1) is 16.8. The highest BCUT2D eigenvalue weighted by Crippen LogP contribution is 2.29. The summed E-state index contributed by atoms with van der Waals surface area (Å²) < 4.78 is 39.3. The molecule has 0 spiro atoms. The van der Waals surface area contributed by atoms with Crippen molar-refractivity contribution in [1.29, 1.82) is 0 Å². The van der Waals surface area contributed by atoms with E-state index < -0.39 is 18.8 Å².